The summed E-state index contributed by atoms with van der Waals surface area (Å²) >= 11 is 0. The zero-order valence-electron chi connectivity index (χ0n) is 11.3. The molecule has 116 valence electrons. The molecule has 0 bridgehead atoms. The van der Waals surface area contributed by atoms with Gasteiger partial charge in [-0.15, -0.1) is 24.8 Å². The third-order valence-corrected chi connectivity index (χ3v) is 2.62. The number of unbranched alkanes of at least 4 members (excludes halogenated alkanes) is 1. The zero-order chi connectivity index (χ0) is 13.5. The van der Waals surface area contributed by atoms with Crippen molar-refractivity contribution in [1.82, 2.24) is 15.5 Å². The van der Waals surface area contributed by atoms with Crippen LogP contribution in [0.15, 0.2) is 35.1 Å². The van der Waals surface area contributed by atoms with E-state index in [2.05, 4.69) is 15.5 Å². The van der Waals surface area contributed by atoms with Gasteiger partial charge in [0.25, 0.3) is 5.91 Å². The fourth-order valence-corrected chi connectivity index (χ4v) is 1.60. The Labute approximate surface area is 135 Å². The van der Waals surface area contributed by atoms with Gasteiger partial charge in [0.05, 0.1) is 0 Å². The van der Waals surface area contributed by atoms with Crippen molar-refractivity contribution in [2.45, 2.75) is 12.8 Å². The van der Waals surface area contributed by atoms with Crippen molar-refractivity contribution in [3.8, 4) is 11.3 Å². The Hall–Kier alpha value is -1.63. The summed E-state index contributed by atoms with van der Waals surface area (Å²) in [7, 11) is 0. The second kappa shape index (κ2) is 10.1. The third kappa shape index (κ3) is 5.71. The van der Waals surface area contributed by atoms with Gasteiger partial charge in [-0.1, -0.05) is 5.16 Å². The number of halogens is 2. The summed E-state index contributed by atoms with van der Waals surface area (Å²) in [5.74, 6) is 0.315. The summed E-state index contributed by atoms with van der Waals surface area (Å²) in [6.07, 6.45) is 5.06. The SMILES string of the molecule is Cl.Cl.NCCCCNC(=O)c1cc(-c2ccncc2)on1. The largest absolute Gasteiger partial charge is 0.355 e. The predicted molar refractivity (Wildman–Crippen MR) is 84.9 cm³/mol. The first kappa shape index (κ1) is 19.4. The van der Waals surface area contributed by atoms with Crippen molar-refractivity contribution in [1.29, 1.82) is 0 Å². The molecule has 0 fully saturated rings. The maximum Gasteiger partial charge on any atom is 0.273 e. The molecule has 1 amide bonds. The van der Waals surface area contributed by atoms with Crippen LogP contribution in [0.4, 0.5) is 0 Å². The highest BCUT2D eigenvalue weighted by Gasteiger charge is 2.12. The second-order valence-electron chi connectivity index (χ2n) is 4.06. The Morgan fingerprint density at radius 3 is 2.62 bits per heavy atom. The van der Waals surface area contributed by atoms with Gasteiger partial charge in [-0.3, -0.25) is 9.78 Å². The molecule has 0 aliphatic carbocycles. The molecule has 0 spiro atoms. The lowest BCUT2D eigenvalue weighted by molar-refractivity contribution is 0.0944. The molecular weight excluding hydrogens is 315 g/mol. The van der Waals surface area contributed by atoms with E-state index in [-0.39, 0.29) is 36.4 Å². The van der Waals surface area contributed by atoms with Crippen molar-refractivity contribution in [2.75, 3.05) is 13.1 Å². The van der Waals surface area contributed by atoms with Gasteiger partial charge in [0.2, 0.25) is 0 Å². The van der Waals surface area contributed by atoms with Gasteiger partial charge in [0, 0.05) is 30.6 Å². The number of aromatic nitrogens is 2. The number of carbonyl (C=O) groups is 1. The number of nitrogens with one attached hydrogen (secondary N) is 1. The average Bonchev–Trinajstić information content (AvgIpc) is 2.94. The van der Waals surface area contributed by atoms with E-state index in [4.69, 9.17) is 10.3 Å². The van der Waals surface area contributed by atoms with Crippen LogP contribution >= 0.6 is 24.8 Å². The van der Waals surface area contributed by atoms with Crippen molar-refractivity contribution >= 4 is 30.7 Å². The van der Waals surface area contributed by atoms with E-state index in [0.717, 1.165) is 18.4 Å². The number of hydrogen-bond acceptors (Lipinski definition) is 5. The first-order valence-electron chi connectivity index (χ1n) is 6.16. The molecular formula is C13H18Cl2N4O2. The highest BCUT2D eigenvalue weighted by molar-refractivity contribution is 5.93. The number of carbonyl (C=O) groups excluding carboxylic acids is 1. The zero-order valence-corrected chi connectivity index (χ0v) is 13.0. The van der Waals surface area contributed by atoms with Gasteiger partial charge in [-0.2, -0.15) is 0 Å². The fourth-order valence-electron chi connectivity index (χ4n) is 1.60. The van der Waals surface area contributed by atoms with Crippen LogP contribution in [0.2, 0.25) is 0 Å². The number of amides is 1. The topological polar surface area (TPSA) is 94.0 Å². The average molecular weight is 333 g/mol. The van der Waals surface area contributed by atoms with Crippen LogP contribution in [0, 0.1) is 0 Å². The second-order valence-corrected chi connectivity index (χ2v) is 4.06. The standard InChI is InChI=1S/C13H16N4O2.2ClH/c14-5-1-2-6-16-13(18)11-9-12(19-17-11)10-3-7-15-8-4-10;;/h3-4,7-9H,1-2,5-6,14H2,(H,16,18);2*1H. The van der Waals surface area contributed by atoms with Crippen LogP contribution in [-0.2, 0) is 0 Å². The maximum absolute atomic E-state index is 11.8. The molecule has 2 aromatic rings. The number of pyridine rings is 1. The number of nitrogens with zero attached hydrogens (tertiary/aromatic N) is 2. The minimum absolute atomic E-state index is 0. The lowest BCUT2D eigenvalue weighted by Gasteiger charge is -2.00. The minimum Gasteiger partial charge on any atom is -0.355 e. The van der Waals surface area contributed by atoms with Gasteiger partial charge in [0.15, 0.2) is 11.5 Å². The molecule has 0 aromatic carbocycles. The molecule has 0 aliphatic heterocycles. The van der Waals surface area contributed by atoms with Gasteiger partial charge in [0.1, 0.15) is 0 Å². The van der Waals surface area contributed by atoms with Gasteiger partial charge >= 0.3 is 0 Å². The molecule has 3 N–H and O–H groups in total. The number of hydrogen-bond donors (Lipinski definition) is 2. The quantitative estimate of drug-likeness (QED) is 0.789. The first-order valence-corrected chi connectivity index (χ1v) is 6.16. The summed E-state index contributed by atoms with van der Waals surface area (Å²) in [4.78, 5) is 15.7. The minimum atomic E-state index is -0.235. The Morgan fingerprint density at radius 1 is 1.24 bits per heavy atom. The molecule has 0 radical (unpaired) electrons. The lowest BCUT2D eigenvalue weighted by Crippen LogP contribution is -2.25. The molecule has 0 saturated carbocycles. The number of rotatable bonds is 6. The molecule has 8 heteroatoms. The van der Waals surface area contributed by atoms with Crippen LogP contribution in [0.25, 0.3) is 11.3 Å². The summed E-state index contributed by atoms with van der Waals surface area (Å²) < 4.78 is 5.14. The Kier molecular flexibility index (Phi) is 9.36. The van der Waals surface area contributed by atoms with Crippen LogP contribution < -0.4 is 11.1 Å². The smallest absolute Gasteiger partial charge is 0.273 e. The molecule has 0 unspecified atom stereocenters. The monoisotopic (exact) mass is 332 g/mol. The Bertz CT molecular complexity index is 534. The van der Waals surface area contributed by atoms with E-state index in [1.54, 1.807) is 30.6 Å². The third-order valence-electron chi connectivity index (χ3n) is 2.62. The van der Waals surface area contributed by atoms with E-state index in [0.29, 0.717) is 18.8 Å². The van der Waals surface area contributed by atoms with Gasteiger partial charge in [-0.25, -0.2) is 0 Å². The first-order chi connectivity index (χ1) is 9.31. The Balaban J connectivity index is 0.00000200. The molecule has 2 rings (SSSR count). The normalized spacial score (nSPS) is 9.38. The van der Waals surface area contributed by atoms with E-state index in [1.807, 2.05) is 0 Å². The summed E-state index contributed by atoms with van der Waals surface area (Å²) in [6.45, 7) is 1.22. The molecule has 0 atom stereocenters. The fraction of sp³-hybridized carbons (Fsp3) is 0.308. The van der Waals surface area contributed by atoms with E-state index >= 15 is 0 Å². The van der Waals surface area contributed by atoms with Crippen molar-refractivity contribution in [2.24, 2.45) is 5.73 Å². The highest BCUT2D eigenvalue weighted by atomic mass is 35.5. The summed E-state index contributed by atoms with van der Waals surface area (Å²) in [6, 6.07) is 5.21. The Morgan fingerprint density at radius 2 is 1.95 bits per heavy atom. The van der Waals surface area contributed by atoms with Crippen molar-refractivity contribution in [3.63, 3.8) is 0 Å². The van der Waals surface area contributed by atoms with Crippen molar-refractivity contribution in [3.05, 3.63) is 36.3 Å². The highest BCUT2D eigenvalue weighted by Crippen LogP contribution is 2.18. The van der Waals surface area contributed by atoms with E-state index in [1.165, 1.54) is 0 Å². The molecule has 2 heterocycles. The van der Waals surface area contributed by atoms with Gasteiger partial charge < -0.3 is 15.6 Å². The summed E-state index contributed by atoms with van der Waals surface area (Å²) in [5, 5.41) is 6.53. The molecule has 0 saturated heterocycles. The van der Waals surface area contributed by atoms with Crippen molar-refractivity contribution < 1.29 is 9.32 Å². The molecule has 0 aliphatic rings. The van der Waals surface area contributed by atoms with Crippen LogP contribution in [0.5, 0.6) is 0 Å². The van der Waals surface area contributed by atoms with E-state index < -0.39 is 0 Å². The van der Waals surface area contributed by atoms with Crippen LogP contribution in [-0.4, -0.2) is 29.1 Å². The summed E-state index contributed by atoms with van der Waals surface area (Å²) in [5.41, 5.74) is 6.49. The molecule has 6 nitrogen and oxygen atoms in total. The predicted octanol–water partition coefficient (Wildman–Crippen LogP) is 2.05. The molecule has 21 heavy (non-hydrogen) atoms. The van der Waals surface area contributed by atoms with Crippen LogP contribution in [0.3, 0.4) is 0 Å². The van der Waals surface area contributed by atoms with Gasteiger partial charge in [-0.05, 0) is 31.5 Å². The maximum atomic E-state index is 11.8. The molecule has 2 aromatic heterocycles. The van der Waals surface area contributed by atoms with E-state index in [9.17, 15) is 4.79 Å². The van der Waals surface area contributed by atoms with Crippen LogP contribution in [0.1, 0.15) is 23.3 Å². The lowest BCUT2D eigenvalue weighted by atomic mass is 10.2. The number of nitrogens with two attached hydrogens (primary N) is 1.